The van der Waals surface area contributed by atoms with Gasteiger partial charge in [-0.3, -0.25) is 4.68 Å². The summed E-state index contributed by atoms with van der Waals surface area (Å²) in [4.78, 5) is 0. The van der Waals surface area contributed by atoms with Crippen LogP contribution in [0.5, 0.6) is 0 Å². The SMILES string of the molecule is CNCC1c2c(C)nn(C)c2CC1C. The first-order valence-corrected chi connectivity index (χ1v) is 5.32. The highest BCUT2D eigenvalue weighted by Crippen LogP contribution is 2.38. The van der Waals surface area contributed by atoms with Gasteiger partial charge in [-0.2, -0.15) is 5.10 Å². The molecular weight excluding hydrogens is 174 g/mol. The van der Waals surface area contributed by atoms with Crippen molar-refractivity contribution in [3.05, 3.63) is 17.0 Å². The minimum Gasteiger partial charge on any atom is -0.319 e. The number of nitrogens with one attached hydrogen (secondary N) is 1. The molecular formula is C11H19N3. The Kier molecular flexibility index (Phi) is 2.35. The van der Waals surface area contributed by atoms with Gasteiger partial charge in [0.05, 0.1) is 5.69 Å². The van der Waals surface area contributed by atoms with Crippen LogP contribution in [0, 0.1) is 12.8 Å². The molecule has 0 radical (unpaired) electrons. The molecule has 2 atom stereocenters. The third-order valence-electron chi connectivity index (χ3n) is 3.39. The van der Waals surface area contributed by atoms with Crippen LogP contribution in [0.25, 0.3) is 0 Å². The summed E-state index contributed by atoms with van der Waals surface area (Å²) in [5.74, 6) is 1.41. The minimum absolute atomic E-state index is 0.656. The lowest BCUT2D eigenvalue weighted by atomic mass is 9.93. The van der Waals surface area contributed by atoms with E-state index in [1.165, 1.54) is 23.4 Å². The predicted octanol–water partition coefficient (Wildman–Crippen LogP) is 1.22. The number of likely N-dealkylation sites (N-methyl/N-ethyl adjacent to an activating group) is 1. The first-order chi connectivity index (χ1) is 6.65. The summed E-state index contributed by atoms with van der Waals surface area (Å²) in [5.41, 5.74) is 4.15. The highest BCUT2D eigenvalue weighted by Gasteiger charge is 2.33. The number of fused-ring (bicyclic) bond motifs is 1. The minimum atomic E-state index is 0.656. The molecule has 0 amide bonds. The fraction of sp³-hybridized carbons (Fsp3) is 0.727. The van der Waals surface area contributed by atoms with Gasteiger partial charge in [0.1, 0.15) is 0 Å². The van der Waals surface area contributed by atoms with Crippen molar-refractivity contribution in [1.82, 2.24) is 15.1 Å². The quantitative estimate of drug-likeness (QED) is 0.765. The van der Waals surface area contributed by atoms with E-state index < -0.39 is 0 Å². The Bertz CT molecular complexity index is 341. The zero-order valence-electron chi connectivity index (χ0n) is 9.46. The second-order valence-corrected chi connectivity index (χ2v) is 4.41. The molecule has 1 heterocycles. The highest BCUT2D eigenvalue weighted by atomic mass is 15.3. The van der Waals surface area contributed by atoms with Gasteiger partial charge in [0.2, 0.25) is 0 Å². The second kappa shape index (κ2) is 3.39. The van der Waals surface area contributed by atoms with Crippen LogP contribution in [-0.2, 0) is 13.5 Å². The summed E-state index contributed by atoms with van der Waals surface area (Å²) in [6.45, 7) is 5.53. The molecule has 0 saturated heterocycles. The van der Waals surface area contributed by atoms with Gasteiger partial charge in [0.15, 0.2) is 0 Å². The van der Waals surface area contributed by atoms with Crippen molar-refractivity contribution in [1.29, 1.82) is 0 Å². The zero-order valence-corrected chi connectivity index (χ0v) is 9.46. The topological polar surface area (TPSA) is 29.9 Å². The number of aromatic nitrogens is 2. The van der Waals surface area contributed by atoms with E-state index in [2.05, 4.69) is 36.0 Å². The average molecular weight is 193 g/mol. The number of rotatable bonds is 2. The standard InChI is InChI=1S/C11H19N3/c1-7-5-10-11(9(7)6-12-3)8(2)13-14(10)4/h7,9,12H,5-6H2,1-4H3. The van der Waals surface area contributed by atoms with E-state index >= 15 is 0 Å². The number of aryl methyl sites for hydroxylation is 2. The molecule has 0 spiro atoms. The van der Waals surface area contributed by atoms with Crippen LogP contribution in [0.1, 0.15) is 29.8 Å². The molecule has 1 aromatic heterocycles. The fourth-order valence-corrected chi connectivity index (χ4v) is 2.70. The molecule has 0 aliphatic heterocycles. The third-order valence-corrected chi connectivity index (χ3v) is 3.39. The Labute approximate surface area is 85.5 Å². The van der Waals surface area contributed by atoms with Crippen LogP contribution in [0.3, 0.4) is 0 Å². The second-order valence-electron chi connectivity index (χ2n) is 4.41. The monoisotopic (exact) mass is 193 g/mol. The molecule has 1 aliphatic rings. The van der Waals surface area contributed by atoms with E-state index in [-0.39, 0.29) is 0 Å². The van der Waals surface area contributed by atoms with Crippen molar-refractivity contribution < 1.29 is 0 Å². The van der Waals surface area contributed by atoms with Crippen LogP contribution in [0.2, 0.25) is 0 Å². The molecule has 0 aromatic carbocycles. The maximum absolute atomic E-state index is 4.49. The lowest BCUT2D eigenvalue weighted by molar-refractivity contribution is 0.469. The summed E-state index contributed by atoms with van der Waals surface area (Å²) in [6.07, 6.45) is 1.18. The Hall–Kier alpha value is -0.830. The van der Waals surface area contributed by atoms with Gasteiger partial charge in [-0.25, -0.2) is 0 Å². The molecule has 1 aliphatic carbocycles. The van der Waals surface area contributed by atoms with Crippen molar-refractivity contribution >= 4 is 0 Å². The largest absolute Gasteiger partial charge is 0.319 e. The van der Waals surface area contributed by atoms with Crippen LogP contribution in [-0.4, -0.2) is 23.4 Å². The van der Waals surface area contributed by atoms with E-state index in [9.17, 15) is 0 Å². The van der Waals surface area contributed by atoms with E-state index in [4.69, 9.17) is 0 Å². The molecule has 2 rings (SSSR count). The molecule has 3 nitrogen and oxygen atoms in total. The van der Waals surface area contributed by atoms with E-state index in [0.717, 1.165) is 12.5 Å². The number of hydrogen-bond acceptors (Lipinski definition) is 2. The molecule has 0 fully saturated rings. The van der Waals surface area contributed by atoms with Crippen molar-refractivity contribution in [3.63, 3.8) is 0 Å². The van der Waals surface area contributed by atoms with Crippen molar-refractivity contribution in [2.45, 2.75) is 26.2 Å². The van der Waals surface area contributed by atoms with E-state index in [1.54, 1.807) is 0 Å². The maximum Gasteiger partial charge on any atom is 0.0631 e. The highest BCUT2D eigenvalue weighted by molar-refractivity contribution is 5.35. The maximum atomic E-state index is 4.49. The van der Waals surface area contributed by atoms with Gasteiger partial charge in [0, 0.05) is 30.8 Å². The Balaban J connectivity index is 2.39. The molecule has 1 aromatic rings. The molecule has 2 unspecified atom stereocenters. The molecule has 0 saturated carbocycles. The average Bonchev–Trinajstić information content (AvgIpc) is 2.56. The predicted molar refractivity (Wildman–Crippen MR) is 57.5 cm³/mol. The fourth-order valence-electron chi connectivity index (χ4n) is 2.70. The summed E-state index contributed by atoms with van der Waals surface area (Å²) in [6, 6.07) is 0. The Morgan fingerprint density at radius 2 is 2.29 bits per heavy atom. The van der Waals surface area contributed by atoms with Gasteiger partial charge in [-0.15, -0.1) is 0 Å². The Morgan fingerprint density at radius 3 is 2.93 bits per heavy atom. The van der Waals surface area contributed by atoms with Crippen LogP contribution in [0.4, 0.5) is 0 Å². The van der Waals surface area contributed by atoms with Crippen molar-refractivity contribution in [2.24, 2.45) is 13.0 Å². The van der Waals surface area contributed by atoms with Crippen LogP contribution in [0.15, 0.2) is 0 Å². The smallest absolute Gasteiger partial charge is 0.0631 e. The van der Waals surface area contributed by atoms with E-state index in [1.807, 2.05) is 7.05 Å². The van der Waals surface area contributed by atoms with Gasteiger partial charge < -0.3 is 5.32 Å². The summed E-state index contributed by atoms with van der Waals surface area (Å²) >= 11 is 0. The van der Waals surface area contributed by atoms with Gasteiger partial charge in [0.25, 0.3) is 0 Å². The molecule has 1 N–H and O–H groups in total. The van der Waals surface area contributed by atoms with Crippen LogP contribution >= 0.6 is 0 Å². The number of hydrogen-bond donors (Lipinski definition) is 1. The molecule has 3 heteroatoms. The lowest BCUT2D eigenvalue weighted by Crippen LogP contribution is -2.20. The first-order valence-electron chi connectivity index (χ1n) is 5.32. The summed E-state index contributed by atoms with van der Waals surface area (Å²) in [7, 11) is 4.08. The summed E-state index contributed by atoms with van der Waals surface area (Å²) < 4.78 is 2.05. The van der Waals surface area contributed by atoms with Crippen LogP contribution < -0.4 is 5.32 Å². The van der Waals surface area contributed by atoms with Crippen molar-refractivity contribution in [3.8, 4) is 0 Å². The molecule has 14 heavy (non-hydrogen) atoms. The van der Waals surface area contributed by atoms with Crippen molar-refractivity contribution in [2.75, 3.05) is 13.6 Å². The number of nitrogens with zero attached hydrogens (tertiary/aromatic N) is 2. The van der Waals surface area contributed by atoms with Gasteiger partial charge >= 0.3 is 0 Å². The van der Waals surface area contributed by atoms with Gasteiger partial charge in [-0.05, 0) is 26.3 Å². The third kappa shape index (κ3) is 1.27. The van der Waals surface area contributed by atoms with E-state index in [0.29, 0.717) is 5.92 Å². The molecule has 0 bridgehead atoms. The normalized spacial score (nSPS) is 25.4. The zero-order chi connectivity index (χ0) is 10.3. The first kappa shape index (κ1) is 9.71. The van der Waals surface area contributed by atoms with Gasteiger partial charge in [-0.1, -0.05) is 6.92 Å². The Morgan fingerprint density at radius 1 is 1.57 bits per heavy atom. The summed E-state index contributed by atoms with van der Waals surface area (Å²) in [5, 5.41) is 7.77. The lowest BCUT2D eigenvalue weighted by Gasteiger charge is -2.15. The molecule has 78 valence electrons.